The Morgan fingerprint density at radius 1 is 1.15 bits per heavy atom. The summed E-state index contributed by atoms with van der Waals surface area (Å²) in [5.41, 5.74) is 0.789. The molecule has 0 spiro atoms. The van der Waals surface area contributed by atoms with E-state index in [1.54, 1.807) is 23.7 Å². The number of fused-ring (bicyclic) bond motifs is 1. The lowest BCUT2D eigenvalue weighted by atomic mass is 10.1. The zero-order valence-corrected chi connectivity index (χ0v) is 16.3. The molecule has 142 valence electrons. The number of aromatic nitrogens is 4. The zero-order valence-electron chi connectivity index (χ0n) is 14.7. The van der Waals surface area contributed by atoms with Crippen molar-refractivity contribution in [2.75, 3.05) is 18.0 Å². The van der Waals surface area contributed by atoms with E-state index in [2.05, 4.69) is 24.8 Å². The number of nitrogens with one attached hydrogen (secondary N) is 1. The predicted octanol–water partition coefficient (Wildman–Crippen LogP) is 2.01. The summed E-state index contributed by atoms with van der Waals surface area (Å²) >= 11 is 1.24. The van der Waals surface area contributed by atoms with Crippen molar-refractivity contribution < 1.29 is 8.42 Å². The Balaban J connectivity index is 1.30. The number of thiophene rings is 1. The molecule has 0 unspecified atom stereocenters. The van der Waals surface area contributed by atoms with Gasteiger partial charge in [0, 0.05) is 37.4 Å². The summed E-state index contributed by atoms with van der Waals surface area (Å²) in [5.74, 6) is 2.37. The summed E-state index contributed by atoms with van der Waals surface area (Å²) in [6, 6.07) is 3.32. The van der Waals surface area contributed by atoms with Crippen LogP contribution in [0.4, 0.5) is 5.82 Å². The molecule has 1 aliphatic carbocycles. The van der Waals surface area contributed by atoms with E-state index in [0.29, 0.717) is 10.1 Å². The fraction of sp³-hybridized carbons (Fsp3) is 0.471. The summed E-state index contributed by atoms with van der Waals surface area (Å²) in [4.78, 5) is 6.71. The van der Waals surface area contributed by atoms with Gasteiger partial charge in [-0.2, -0.15) is 0 Å². The molecule has 1 saturated carbocycles. The second kappa shape index (κ2) is 6.54. The Morgan fingerprint density at radius 2 is 1.96 bits per heavy atom. The molecule has 1 aliphatic heterocycles. The molecule has 0 radical (unpaired) electrons. The zero-order chi connectivity index (χ0) is 18.4. The molecular weight excluding hydrogens is 384 g/mol. The summed E-state index contributed by atoms with van der Waals surface area (Å²) in [7, 11) is -3.42. The lowest BCUT2D eigenvalue weighted by molar-refractivity contribution is 0.459. The molecule has 27 heavy (non-hydrogen) atoms. The van der Waals surface area contributed by atoms with Crippen LogP contribution in [0.15, 0.2) is 34.1 Å². The molecule has 4 heterocycles. The number of rotatable bonds is 5. The third-order valence-electron chi connectivity index (χ3n) is 5.15. The van der Waals surface area contributed by atoms with Gasteiger partial charge in [0.1, 0.15) is 10.0 Å². The quantitative estimate of drug-likeness (QED) is 0.699. The third kappa shape index (κ3) is 3.21. The largest absolute Gasteiger partial charge is 0.353 e. The van der Waals surface area contributed by atoms with Crippen LogP contribution in [0.25, 0.3) is 5.65 Å². The minimum Gasteiger partial charge on any atom is -0.353 e. The van der Waals surface area contributed by atoms with Crippen molar-refractivity contribution in [3.8, 4) is 0 Å². The Labute approximate surface area is 161 Å². The fourth-order valence-corrected chi connectivity index (χ4v) is 5.89. The van der Waals surface area contributed by atoms with Gasteiger partial charge in [-0.25, -0.2) is 18.1 Å². The molecule has 3 aromatic rings. The van der Waals surface area contributed by atoms with E-state index in [0.717, 1.165) is 43.2 Å². The van der Waals surface area contributed by atoms with E-state index in [-0.39, 0.29) is 6.04 Å². The van der Waals surface area contributed by atoms with Gasteiger partial charge in [0.05, 0.1) is 0 Å². The van der Waals surface area contributed by atoms with Crippen molar-refractivity contribution in [2.45, 2.75) is 41.9 Å². The van der Waals surface area contributed by atoms with Gasteiger partial charge in [-0.05, 0) is 37.1 Å². The minimum atomic E-state index is -3.42. The van der Waals surface area contributed by atoms with Crippen LogP contribution < -0.4 is 9.62 Å². The van der Waals surface area contributed by atoms with Crippen molar-refractivity contribution in [1.29, 1.82) is 0 Å². The van der Waals surface area contributed by atoms with Crippen molar-refractivity contribution >= 4 is 32.8 Å². The van der Waals surface area contributed by atoms with Crippen LogP contribution in [-0.4, -0.2) is 47.1 Å². The number of hydrogen-bond acceptors (Lipinski definition) is 7. The van der Waals surface area contributed by atoms with Gasteiger partial charge in [0.2, 0.25) is 15.7 Å². The Morgan fingerprint density at radius 3 is 2.67 bits per heavy atom. The highest BCUT2D eigenvalue weighted by Gasteiger charge is 2.31. The molecule has 0 bridgehead atoms. The summed E-state index contributed by atoms with van der Waals surface area (Å²) in [5, 5.41) is 10.5. The van der Waals surface area contributed by atoms with Gasteiger partial charge in [0.25, 0.3) is 0 Å². The highest BCUT2D eigenvalue weighted by Crippen LogP contribution is 2.39. The molecule has 8 nitrogen and oxygen atoms in total. The Bertz CT molecular complexity index is 1050. The molecule has 1 saturated heterocycles. The van der Waals surface area contributed by atoms with Gasteiger partial charge in [-0.3, -0.25) is 4.40 Å². The highest BCUT2D eigenvalue weighted by molar-refractivity contribution is 7.91. The van der Waals surface area contributed by atoms with Crippen molar-refractivity contribution in [3.63, 3.8) is 0 Å². The molecule has 2 fully saturated rings. The first-order valence-corrected chi connectivity index (χ1v) is 11.5. The first-order valence-electron chi connectivity index (χ1n) is 9.12. The number of piperidine rings is 1. The van der Waals surface area contributed by atoms with Gasteiger partial charge in [-0.15, -0.1) is 21.5 Å². The predicted molar refractivity (Wildman–Crippen MR) is 103 cm³/mol. The van der Waals surface area contributed by atoms with Crippen LogP contribution in [0.5, 0.6) is 0 Å². The smallest absolute Gasteiger partial charge is 0.250 e. The van der Waals surface area contributed by atoms with Crippen molar-refractivity contribution in [2.24, 2.45) is 0 Å². The highest BCUT2D eigenvalue weighted by atomic mass is 32.2. The van der Waals surface area contributed by atoms with Crippen molar-refractivity contribution in [3.05, 3.63) is 35.7 Å². The normalized spacial score (nSPS) is 19.0. The summed E-state index contributed by atoms with van der Waals surface area (Å²) < 4.78 is 30.1. The standard InChI is InChI=1S/C17H20N6O2S2/c24-27(25,14-2-1-11-26-14)21-13-5-8-22(9-6-13)16-17-20-19-15(12-3-4-12)23(17)10-7-18-16/h1-2,7,10-13,21H,3-6,8-9H2. The first-order chi connectivity index (χ1) is 13.1. The third-order valence-corrected chi connectivity index (χ3v) is 8.07. The van der Waals surface area contributed by atoms with Crippen LogP contribution in [-0.2, 0) is 10.0 Å². The molecule has 0 aromatic carbocycles. The van der Waals surface area contributed by atoms with E-state index in [4.69, 9.17) is 0 Å². The van der Waals surface area contributed by atoms with Gasteiger partial charge in [0.15, 0.2) is 5.82 Å². The number of sulfonamides is 1. The molecule has 5 rings (SSSR count). The van der Waals surface area contributed by atoms with Crippen molar-refractivity contribution in [1.82, 2.24) is 24.3 Å². The van der Waals surface area contributed by atoms with Gasteiger partial charge < -0.3 is 4.90 Å². The molecule has 10 heteroatoms. The van der Waals surface area contributed by atoms with E-state index < -0.39 is 10.0 Å². The lowest BCUT2D eigenvalue weighted by Gasteiger charge is -2.32. The number of hydrogen-bond donors (Lipinski definition) is 1. The average molecular weight is 405 g/mol. The molecule has 3 aromatic heterocycles. The average Bonchev–Trinajstić information content (AvgIpc) is 3.19. The van der Waals surface area contributed by atoms with Crippen LogP contribution >= 0.6 is 11.3 Å². The number of anilines is 1. The minimum absolute atomic E-state index is 0.0621. The van der Waals surface area contributed by atoms with Crippen LogP contribution in [0.1, 0.15) is 37.4 Å². The molecule has 0 atom stereocenters. The van der Waals surface area contributed by atoms with E-state index in [1.807, 2.05) is 10.6 Å². The van der Waals surface area contributed by atoms with E-state index >= 15 is 0 Å². The molecule has 1 N–H and O–H groups in total. The SMILES string of the molecule is O=S(=O)(NC1CCN(c2nccn3c(C4CC4)nnc23)CC1)c1cccs1. The van der Waals surface area contributed by atoms with Gasteiger partial charge in [-0.1, -0.05) is 6.07 Å². The maximum atomic E-state index is 12.4. The van der Waals surface area contributed by atoms with E-state index in [1.165, 1.54) is 24.2 Å². The molecular formula is C17H20N6O2S2. The van der Waals surface area contributed by atoms with Crippen LogP contribution in [0, 0.1) is 0 Å². The maximum absolute atomic E-state index is 12.4. The first kappa shape index (κ1) is 17.1. The van der Waals surface area contributed by atoms with Crippen LogP contribution in [0.2, 0.25) is 0 Å². The van der Waals surface area contributed by atoms with Gasteiger partial charge >= 0.3 is 0 Å². The van der Waals surface area contributed by atoms with Crippen LogP contribution in [0.3, 0.4) is 0 Å². The maximum Gasteiger partial charge on any atom is 0.250 e. The fourth-order valence-electron chi connectivity index (χ4n) is 3.58. The number of nitrogens with zero attached hydrogens (tertiary/aromatic N) is 5. The monoisotopic (exact) mass is 404 g/mol. The second-order valence-electron chi connectivity index (χ2n) is 7.09. The molecule has 0 amide bonds. The Kier molecular flexibility index (Phi) is 4.14. The summed E-state index contributed by atoms with van der Waals surface area (Å²) in [6.45, 7) is 1.46. The summed E-state index contributed by atoms with van der Waals surface area (Å²) in [6.07, 6.45) is 7.54. The van der Waals surface area contributed by atoms with E-state index in [9.17, 15) is 8.42 Å². The topological polar surface area (TPSA) is 92.5 Å². The molecule has 2 aliphatic rings. The Hall–Kier alpha value is -2.04. The second-order valence-corrected chi connectivity index (χ2v) is 9.98. The lowest BCUT2D eigenvalue weighted by Crippen LogP contribution is -2.44.